The second-order valence-electron chi connectivity index (χ2n) is 5.53. The van der Waals surface area contributed by atoms with Gasteiger partial charge in [0.05, 0.1) is 4.91 Å². The van der Waals surface area contributed by atoms with Crippen molar-refractivity contribution in [2.45, 2.75) is 19.4 Å². The van der Waals surface area contributed by atoms with Gasteiger partial charge in [-0.05, 0) is 30.7 Å². The quantitative estimate of drug-likeness (QED) is 0.574. The fraction of sp³-hybridized carbons (Fsp3) is 0.167. The van der Waals surface area contributed by atoms with Gasteiger partial charge in [-0.1, -0.05) is 54.6 Å². The average Bonchev–Trinajstić information content (AvgIpc) is 3.16. The Bertz CT molecular complexity index is 921. The number of hydrogen-bond acceptors (Lipinski definition) is 5. The number of halogens is 1. The van der Waals surface area contributed by atoms with Crippen LogP contribution in [0.2, 0.25) is 5.02 Å². The number of thioether (sulfide) groups is 1. The Labute approximate surface area is 164 Å². The zero-order valence-corrected chi connectivity index (χ0v) is 16.0. The number of carbonyl (C=O) groups excluding carboxylic acids is 1. The smallest absolute Gasteiger partial charge is 0.326 e. The number of carboxylic acid groups (broad SMARTS) is 1. The summed E-state index contributed by atoms with van der Waals surface area (Å²) in [6.07, 6.45) is 1.84. The minimum atomic E-state index is -1.08. The molecule has 0 aliphatic carbocycles. The van der Waals surface area contributed by atoms with E-state index in [4.69, 9.17) is 28.2 Å². The minimum absolute atomic E-state index is 0.233. The predicted molar refractivity (Wildman–Crippen MR) is 106 cm³/mol. The van der Waals surface area contributed by atoms with Crippen LogP contribution < -0.4 is 0 Å². The summed E-state index contributed by atoms with van der Waals surface area (Å²) < 4.78 is 5.99. The van der Waals surface area contributed by atoms with Crippen molar-refractivity contribution in [2.24, 2.45) is 0 Å². The molecule has 1 amide bonds. The standard InChI is InChI=1S/C18H14ClNO4S2/c1-2-13(17(22)23)20-16(21)15(26-18(20)25)9-12-6-7-14(24-12)10-4-3-5-11(19)8-10/h3-9,13H,2H2,1H3,(H,22,23)/b15-9+/t13-/m1/s1. The van der Waals surface area contributed by atoms with Crippen molar-refractivity contribution in [2.75, 3.05) is 0 Å². The molecule has 26 heavy (non-hydrogen) atoms. The van der Waals surface area contributed by atoms with E-state index in [1.54, 1.807) is 37.3 Å². The first-order chi connectivity index (χ1) is 12.4. The van der Waals surface area contributed by atoms with Crippen LogP contribution in [0.5, 0.6) is 0 Å². The van der Waals surface area contributed by atoms with Crippen molar-refractivity contribution in [3.05, 3.63) is 52.1 Å². The molecule has 1 atom stereocenters. The van der Waals surface area contributed by atoms with Crippen LogP contribution in [-0.4, -0.2) is 32.2 Å². The molecule has 134 valence electrons. The lowest BCUT2D eigenvalue weighted by molar-refractivity contribution is -0.145. The summed E-state index contributed by atoms with van der Waals surface area (Å²) in [4.78, 5) is 25.4. The van der Waals surface area contributed by atoms with Crippen LogP contribution >= 0.6 is 35.6 Å². The Morgan fingerprint density at radius 2 is 2.19 bits per heavy atom. The van der Waals surface area contributed by atoms with E-state index < -0.39 is 17.9 Å². The van der Waals surface area contributed by atoms with Crippen LogP contribution in [0.1, 0.15) is 19.1 Å². The Morgan fingerprint density at radius 3 is 2.85 bits per heavy atom. The van der Waals surface area contributed by atoms with Crippen molar-refractivity contribution in [3.8, 4) is 11.3 Å². The van der Waals surface area contributed by atoms with Gasteiger partial charge in [-0.25, -0.2) is 4.79 Å². The summed E-state index contributed by atoms with van der Waals surface area (Å²) in [6.45, 7) is 1.70. The van der Waals surface area contributed by atoms with Crippen LogP contribution in [0.25, 0.3) is 17.4 Å². The predicted octanol–water partition coefficient (Wildman–Crippen LogP) is 4.66. The molecule has 0 spiro atoms. The first-order valence-corrected chi connectivity index (χ1v) is 9.36. The second kappa shape index (κ2) is 7.65. The summed E-state index contributed by atoms with van der Waals surface area (Å²) >= 11 is 12.2. The van der Waals surface area contributed by atoms with E-state index in [9.17, 15) is 14.7 Å². The molecular weight excluding hydrogens is 394 g/mol. The molecule has 2 heterocycles. The highest BCUT2D eigenvalue weighted by atomic mass is 35.5. The number of benzene rings is 1. The number of thiocarbonyl (C=S) groups is 1. The van der Waals surface area contributed by atoms with Crippen LogP contribution in [0.15, 0.2) is 45.7 Å². The second-order valence-corrected chi connectivity index (χ2v) is 7.64. The summed E-state index contributed by atoms with van der Waals surface area (Å²) in [5.74, 6) is -0.406. The number of nitrogens with zero attached hydrogens (tertiary/aromatic N) is 1. The lowest BCUT2D eigenvalue weighted by Gasteiger charge is -2.21. The van der Waals surface area contributed by atoms with Crippen LogP contribution in [0, 0.1) is 0 Å². The van der Waals surface area contributed by atoms with Crippen molar-refractivity contribution >= 4 is 57.9 Å². The van der Waals surface area contributed by atoms with E-state index in [1.165, 1.54) is 0 Å². The molecule has 1 aromatic carbocycles. The van der Waals surface area contributed by atoms with E-state index in [2.05, 4.69) is 0 Å². The zero-order valence-electron chi connectivity index (χ0n) is 13.6. The van der Waals surface area contributed by atoms with Crippen LogP contribution in [-0.2, 0) is 9.59 Å². The third-order valence-corrected chi connectivity index (χ3v) is 5.38. The Kier molecular flexibility index (Phi) is 5.50. The Balaban J connectivity index is 1.86. The van der Waals surface area contributed by atoms with Crippen LogP contribution in [0.4, 0.5) is 0 Å². The molecule has 1 saturated heterocycles. The molecule has 0 radical (unpaired) electrons. The maximum absolute atomic E-state index is 12.6. The third kappa shape index (κ3) is 3.70. The SMILES string of the molecule is CC[C@H](C(=O)O)N1C(=O)/C(=C\c2ccc(-c3cccc(Cl)c3)o2)SC1=S. The van der Waals surface area contributed by atoms with Crippen LogP contribution in [0.3, 0.4) is 0 Å². The first-order valence-electron chi connectivity index (χ1n) is 7.76. The number of amides is 1. The number of carbonyl (C=O) groups is 2. The highest BCUT2D eigenvalue weighted by Gasteiger charge is 2.39. The molecule has 0 bridgehead atoms. The van der Waals surface area contributed by atoms with Gasteiger partial charge in [0.1, 0.15) is 21.9 Å². The fourth-order valence-corrected chi connectivity index (χ4v) is 4.10. The lowest BCUT2D eigenvalue weighted by Crippen LogP contribution is -2.43. The van der Waals surface area contributed by atoms with Gasteiger partial charge in [-0.2, -0.15) is 0 Å². The average molecular weight is 408 g/mol. The molecule has 2 aromatic rings. The fourth-order valence-electron chi connectivity index (χ4n) is 2.57. The summed E-state index contributed by atoms with van der Waals surface area (Å²) in [6, 6.07) is 9.79. The molecule has 0 unspecified atom stereocenters. The lowest BCUT2D eigenvalue weighted by atomic mass is 10.2. The number of furan rings is 1. The van der Waals surface area contributed by atoms with Gasteiger partial charge in [0.25, 0.3) is 5.91 Å². The Morgan fingerprint density at radius 1 is 1.42 bits per heavy atom. The molecule has 5 nitrogen and oxygen atoms in total. The van der Waals surface area contributed by atoms with Gasteiger partial charge >= 0.3 is 5.97 Å². The summed E-state index contributed by atoms with van der Waals surface area (Å²) in [5.41, 5.74) is 0.821. The first kappa shape index (κ1) is 18.7. The topological polar surface area (TPSA) is 70.8 Å². The number of hydrogen-bond donors (Lipinski definition) is 1. The summed E-state index contributed by atoms with van der Waals surface area (Å²) in [7, 11) is 0. The van der Waals surface area contributed by atoms with Crippen molar-refractivity contribution < 1.29 is 19.1 Å². The molecule has 1 aromatic heterocycles. The number of rotatable bonds is 5. The maximum Gasteiger partial charge on any atom is 0.326 e. The van der Waals surface area contributed by atoms with Crippen molar-refractivity contribution in [1.29, 1.82) is 0 Å². The highest BCUT2D eigenvalue weighted by molar-refractivity contribution is 8.26. The normalized spacial score (nSPS) is 17.2. The monoisotopic (exact) mass is 407 g/mol. The molecule has 3 rings (SSSR count). The molecular formula is C18H14ClNO4S2. The number of aliphatic carboxylic acids is 1. The van der Waals surface area contributed by atoms with Crippen molar-refractivity contribution in [3.63, 3.8) is 0 Å². The van der Waals surface area contributed by atoms with E-state index >= 15 is 0 Å². The van der Waals surface area contributed by atoms with E-state index in [1.807, 2.05) is 12.1 Å². The molecule has 1 fully saturated rings. The van der Waals surface area contributed by atoms with Crippen molar-refractivity contribution in [1.82, 2.24) is 4.90 Å². The highest BCUT2D eigenvalue weighted by Crippen LogP contribution is 2.35. The maximum atomic E-state index is 12.6. The van der Waals surface area contributed by atoms with Gasteiger partial charge in [-0.15, -0.1) is 0 Å². The molecule has 1 N–H and O–H groups in total. The summed E-state index contributed by atoms with van der Waals surface area (Å²) in [5, 5.41) is 9.88. The minimum Gasteiger partial charge on any atom is -0.480 e. The molecule has 0 saturated carbocycles. The van der Waals surface area contributed by atoms with E-state index in [0.717, 1.165) is 22.2 Å². The zero-order chi connectivity index (χ0) is 18.8. The van der Waals surface area contributed by atoms with Gasteiger partial charge in [-0.3, -0.25) is 9.69 Å². The third-order valence-electron chi connectivity index (χ3n) is 3.82. The largest absolute Gasteiger partial charge is 0.480 e. The van der Waals surface area contributed by atoms with E-state index in [-0.39, 0.29) is 10.7 Å². The van der Waals surface area contributed by atoms with Gasteiger partial charge in [0.2, 0.25) is 0 Å². The number of carboxylic acids is 1. The Hall–Kier alpha value is -2.09. The van der Waals surface area contributed by atoms with Gasteiger partial charge in [0.15, 0.2) is 0 Å². The molecule has 1 aliphatic rings. The van der Waals surface area contributed by atoms with Gasteiger partial charge < -0.3 is 9.52 Å². The molecule has 1 aliphatic heterocycles. The molecule has 8 heteroatoms. The van der Waals surface area contributed by atoms with Gasteiger partial charge in [0, 0.05) is 16.7 Å². The van der Waals surface area contributed by atoms with E-state index in [0.29, 0.717) is 21.4 Å².